The summed E-state index contributed by atoms with van der Waals surface area (Å²) in [7, 11) is 0. The molecule has 0 saturated carbocycles. The molecule has 108 valence electrons. The van der Waals surface area contributed by atoms with Crippen molar-refractivity contribution >= 4 is 18.3 Å². The lowest BCUT2D eigenvalue weighted by Gasteiger charge is -2.20. The van der Waals surface area contributed by atoms with E-state index in [4.69, 9.17) is 5.73 Å². The Balaban J connectivity index is 0.00000324. The van der Waals surface area contributed by atoms with Gasteiger partial charge >= 0.3 is 0 Å². The van der Waals surface area contributed by atoms with Gasteiger partial charge in [0.1, 0.15) is 11.6 Å². The van der Waals surface area contributed by atoms with E-state index in [2.05, 4.69) is 5.32 Å². The van der Waals surface area contributed by atoms with E-state index in [-0.39, 0.29) is 35.8 Å². The molecule has 6 heteroatoms. The average molecular weight is 293 g/mol. The molecule has 0 radical (unpaired) electrons. The van der Waals surface area contributed by atoms with Crippen molar-refractivity contribution < 1.29 is 13.6 Å². The Labute approximate surface area is 118 Å². The Bertz CT molecular complexity index is 441. The Morgan fingerprint density at radius 2 is 1.84 bits per heavy atom. The lowest BCUT2D eigenvalue weighted by molar-refractivity contribution is -0.125. The van der Waals surface area contributed by atoms with E-state index < -0.39 is 17.7 Å². The van der Waals surface area contributed by atoms with Gasteiger partial charge < -0.3 is 11.1 Å². The molecular weight excluding hydrogens is 274 g/mol. The zero-order chi connectivity index (χ0) is 13.9. The number of nitrogens with one attached hydrogen (secondary N) is 1. The quantitative estimate of drug-likeness (QED) is 0.896. The zero-order valence-electron chi connectivity index (χ0n) is 11.1. The van der Waals surface area contributed by atoms with Crippen LogP contribution in [0.2, 0.25) is 0 Å². The van der Waals surface area contributed by atoms with E-state index in [9.17, 15) is 13.6 Å². The number of rotatable bonds is 4. The smallest absolute Gasteiger partial charge is 0.224 e. The molecular formula is C13H19ClF2N2O. The monoisotopic (exact) mass is 292 g/mol. The van der Waals surface area contributed by atoms with Crippen LogP contribution in [0.15, 0.2) is 18.2 Å². The summed E-state index contributed by atoms with van der Waals surface area (Å²) < 4.78 is 26.3. The maximum absolute atomic E-state index is 13.5. The van der Waals surface area contributed by atoms with Crippen molar-refractivity contribution in [2.24, 2.45) is 11.7 Å². The van der Waals surface area contributed by atoms with Crippen molar-refractivity contribution in [1.82, 2.24) is 5.32 Å². The van der Waals surface area contributed by atoms with E-state index in [1.165, 1.54) is 6.07 Å². The minimum Gasteiger partial charge on any atom is -0.349 e. The minimum atomic E-state index is -0.670. The van der Waals surface area contributed by atoms with Crippen LogP contribution in [-0.2, 0) is 4.79 Å². The van der Waals surface area contributed by atoms with Gasteiger partial charge in [-0.2, -0.15) is 0 Å². The molecule has 0 aromatic heterocycles. The molecule has 0 bridgehead atoms. The van der Waals surface area contributed by atoms with Crippen molar-refractivity contribution in [1.29, 1.82) is 0 Å². The van der Waals surface area contributed by atoms with Gasteiger partial charge in [-0.15, -0.1) is 12.4 Å². The van der Waals surface area contributed by atoms with E-state index >= 15 is 0 Å². The first-order chi connectivity index (χ1) is 8.32. The number of hydrogen-bond acceptors (Lipinski definition) is 2. The third-order valence-electron chi connectivity index (χ3n) is 2.99. The van der Waals surface area contributed by atoms with Crippen molar-refractivity contribution in [2.75, 3.05) is 0 Å². The number of amides is 1. The number of halogens is 3. The van der Waals surface area contributed by atoms with Crippen LogP contribution in [0.5, 0.6) is 0 Å². The van der Waals surface area contributed by atoms with Crippen LogP contribution in [0.25, 0.3) is 0 Å². The van der Waals surface area contributed by atoms with Gasteiger partial charge in [-0.1, -0.05) is 13.0 Å². The van der Waals surface area contributed by atoms with Gasteiger partial charge in [0.2, 0.25) is 5.91 Å². The highest BCUT2D eigenvalue weighted by Crippen LogP contribution is 2.18. The largest absolute Gasteiger partial charge is 0.349 e. The van der Waals surface area contributed by atoms with E-state index in [0.717, 1.165) is 12.1 Å². The third-order valence-corrected chi connectivity index (χ3v) is 2.99. The molecule has 0 spiro atoms. The molecule has 0 fully saturated rings. The fourth-order valence-electron chi connectivity index (χ4n) is 1.51. The van der Waals surface area contributed by atoms with Gasteiger partial charge in [0.25, 0.3) is 0 Å². The summed E-state index contributed by atoms with van der Waals surface area (Å²) in [6.45, 7) is 5.07. The Morgan fingerprint density at radius 1 is 1.26 bits per heavy atom. The normalized spacial score (nSPS) is 15.1. The van der Waals surface area contributed by atoms with Crippen LogP contribution >= 0.6 is 12.4 Å². The predicted molar refractivity (Wildman–Crippen MR) is 73.0 cm³/mol. The molecule has 1 aromatic rings. The first kappa shape index (κ1) is 17.8. The van der Waals surface area contributed by atoms with Crippen molar-refractivity contribution in [3.8, 4) is 0 Å². The van der Waals surface area contributed by atoms with Crippen LogP contribution in [0, 0.1) is 17.6 Å². The molecule has 0 heterocycles. The summed E-state index contributed by atoms with van der Waals surface area (Å²) in [6, 6.07) is 2.48. The van der Waals surface area contributed by atoms with Gasteiger partial charge in [-0.25, -0.2) is 8.78 Å². The number of nitrogens with two attached hydrogens (primary N) is 1. The highest BCUT2D eigenvalue weighted by atomic mass is 35.5. The van der Waals surface area contributed by atoms with Crippen molar-refractivity contribution in [2.45, 2.75) is 32.9 Å². The maximum Gasteiger partial charge on any atom is 0.224 e. The molecule has 0 aliphatic rings. The van der Waals surface area contributed by atoms with E-state index in [1.807, 2.05) is 0 Å². The second-order valence-electron chi connectivity index (χ2n) is 4.54. The van der Waals surface area contributed by atoms with Crippen LogP contribution in [-0.4, -0.2) is 11.9 Å². The summed E-state index contributed by atoms with van der Waals surface area (Å²) >= 11 is 0. The lowest BCUT2D eigenvalue weighted by Crippen LogP contribution is -2.39. The van der Waals surface area contributed by atoms with Gasteiger partial charge in [0.15, 0.2) is 0 Å². The fourth-order valence-corrected chi connectivity index (χ4v) is 1.51. The molecule has 1 aromatic carbocycles. The summed E-state index contributed by atoms with van der Waals surface area (Å²) in [5.74, 6) is -1.92. The molecule has 3 unspecified atom stereocenters. The molecule has 0 aliphatic carbocycles. The summed E-state index contributed by atoms with van der Waals surface area (Å²) in [4.78, 5) is 11.8. The summed E-state index contributed by atoms with van der Waals surface area (Å²) in [5, 5.41) is 2.66. The second kappa shape index (κ2) is 7.40. The molecule has 0 saturated heterocycles. The molecule has 0 aliphatic heterocycles. The number of carbonyl (C=O) groups excluding carboxylic acids is 1. The third kappa shape index (κ3) is 4.76. The Kier molecular flexibility index (Phi) is 6.94. The zero-order valence-corrected chi connectivity index (χ0v) is 11.9. The standard InChI is InChI=1S/C13H18F2N2O.ClH/c1-7(8(2)16)13(18)17-9(3)11-5-4-10(14)6-12(11)15;/h4-9H,16H2,1-3H3,(H,17,18);1H. The van der Waals surface area contributed by atoms with Crippen LogP contribution in [0.4, 0.5) is 8.78 Å². The number of hydrogen-bond donors (Lipinski definition) is 2. The lowest BCUT2D eigenvalue weighted by atomic mass is 10.0. The molecule has 19 heavy (non-hydrogen) atoms. The van der Waals surface area contributed by atoms with Crippen LogP contribution in [0.3, 0.4) is 0 Å². The van der Waals surface area contributed by atoms with Crippen molar-refractivity contribution in [3.63, 3.8) is 0 Å². The first-order valence-electron chi connectivity index (χ1n) is 5.83. The first-order valence-corrected chi connectivity index (χ1v) is 5.83. The topological polar surface area (TPSA) is 55.1 Å². The highest BCUT2D eigenvalue weighted by molar-refractivity contribution is 5.85. The maximum atomic E-state index is 13.5. The van der Waals surface area contributed by atoms with E-state index in [0.29, 0.717) is 0 Å². The highest BCUT2D eigenvalue weighted by Gasteiger charge is 2.20. The van der Waals surface area contributed by atoms with Crippen LogP contribution < -0.4 is 11.1 Å². The molecule has 1 amide bonds. The van der Waals surface area contributed by atoms with Crippen LogP contribution in [0.1, 0.15) is 32.4 Å². The molecule has 3 atom stereocenters. The van der Waals surface area contributed by atoms with Gasteiger partial charge in [-0.05, 0) is 19.9 Å². The summed E-state index contributed by atoms with van der Waals surface area (Å²) in [5.41, 5.74) is 5.87. The molecule has 1 rings (SSSR count). The Morgan fingerprint density at radius 3 is 2.32 bits per heavy atom. The number of carbonyl (C=O) groups is 1. The molecule has 3 N–H and O–H groups in total. The fraction of sp³-hybridized carbons (Fsp3) is 0.462. The molecule has 3 nitrogen and oxygen atoms in total. The van der Waals surface area contributed by atoms with Crippen molar-refractivity contribution in [3.05, 3.63) is 35.4 Å². The predicted octanol–water partition coefficient (Wildman–Crippen LogP) is 2.55. The second-order valence-corrected chi connectivity index (χ2v) is 4.54. The van der Waals surface area contributed by atoms with Gasteiger partial charge in [-0.3, -0.25) is 4.79 Å². The average Bonchev–Trinajstić information content (AvgIpc) is 2.27. The van der Waals surface area contributed by atoms with Gasteiger partial charge in [0.05, 0.1) is 6.04 Å². The Hall–Kier alpha value is -1.20. The SMILES string of the molecule is CC(NC(=O)C(C)C(C)N)c1ccc(F)cc1F.Cl. The van der Waals surface area contributed by atoms with E-state index in [1.54, 1.807) is 20.8 Å². The number of benzene rings is 1. The summed E-state index contributed by atoms with van der Waals surface area (Å²) in [6.07, 6.45) is 0. The minimum absolute atomic E-state index is 0. The van der Waals surface area contributed by atoms with Gasteiger partial charge in [0, 0.05) is 23.6 Å².